The minimum absolute atomic E-state index is 0.0632. The molecule has 0 amide bonds. The molecule has 1 aromatic rings. The van der Waals surface area contributed by atoms with Crippen LogP contribution < -0.4 is 15.6 Å². The number of carboxylic acid groups (broad SMARTS) is 1. The minimum Gasteiger partial charge on any atom is -0.661 e. The standard InChI is InChI=1S/C31H38NO11/c1-40-27(37)20-13-16-5-2-3-6-17(19(20)14-24(35)36)26(16)42-29-30(39)10-8-21-18-9-11-32-25(18)22(7-4-12-33)43-31(21,28(30)38)23(15-34)41-29/h3,6,9,11,13,16-17,19,23,26,28-29,33-34,38-39H,2,4-5,7-8,10,12,14-15H2,1H3,(H,35,36)/q-1. The number of hydrogen-bond donors (Lipinski definition) is 5. The molecule has 9 unspecified atom stereocenters. The summed E-state index contributed by atoms with van der Waals surface area (Å²) >= 11 is 0. The fraction of sp³-hybridized carbons (Fsp3) is 0.613. The molecule has 43 heavy (non-hydrogen) atoms. The van der Waals surface area contributed by atoms with E-state index in [4.69, 9.17) is 18.9 Å². The summed E-state index contributed by atoms with van der Waals surface area (Å²) in [6.45, 7) is -0.638. The van der Waals surface area contributed by atoms with E-state index in [0.29, 0.717) is 48.8 Å². The molecule has 1 saturated carbocycles. The van der Waals surface area contributed by atoms with Gasteiger partial charge in [0.05, 0.1) is 32.0 Å². The first-order valence-corrected chi connectivity index (χ1v) is 14.8. The largest absolute Gasteiger partial charge is 0.661 e. The number of methoxy groups -OCH3 is 1. The van der Waals surface area contributed by atoms with Crippen molar-refractivity contribution in [2.45, 2.75) is 80.7 Å². The summed E-state index contributed by atoms with van der Waals surface area (Å²) < 4.78 is 24.4. The molecule has 3 aliphatic carbocycles. The Kier molecular flexibility index (Phi) is 8.03. The van der Waals surface area contributed by atoms with Crippen LogP contribution in [0.4, 0.5) is 0 Å². The Hall–Kier alpha value is -3.00. The molecule has 4 bridgehead atoms. The molecule has 1 spiro atoms. The molecule has 5 N–H and O–H groups in total. The second kappa shape index (κ2) is 11.5. The molecule has 6 rings (SSSR count). The van der Waals surface area contributed by atoms with E-state index in [1.807, 2.05) is 18.2 Å². The molecule has 1 aromatic heterocycles. The highest BCUT2D eigenvalue weighted by Gasteiger charge is 2.70. The van der Waals surface area contributed by atoms with Crippen LogP contribution >= 0.6 is 0 Å². The highest BCUT2D eigenvalue weighted by molar-refractivity contribution is 5.90. The highest BCUT2D eigenvalue weighted by Crippen LogP contribution is 2.54. The minimum atomic E-state index is -1.95. The Morgan fingerprint density at radius 1 is 1.26 bits per heavy atom. The third-order valence-electron chi connectivity index (χ3n) is 9.79. The first kappa shape index (κ1) is 30.0. The lowest BCUT2D eigenvalue weighted by Crippen LogP contribution is -2.78. The molecule has 1 saturated heterocycles. The highest BCUT2D eigenvalue weighted by atomic mass is 16.7. The first-order chi connectivity index (χ1) is 20.7. The van der Waals surface area contributed by atoms with Crippen LogP contribution in [0.2, 0.25) is 0 Å². The molecule has 234 valence electrons. The number of carbonyl (C=O) groups excluding carboxylic acids is 1. The first-order valence-electron chi connectivity index (χ1n) is 14.8. The van der Waals surface area contributed by atoms with Crippen LogP contribution in [0.5, 0.6) is 0 Å². The lowest BCUT2D eigenvalue weighted by atomic mass is 9.63. The van der Waals surface area contributed by atoms with Gasteiger partial charge in [-0.1, -0.05) is 29.6 Å². The van der Waals surface area contributed by atoms with Crippen molar-refractivity contribution in [3.05, 3.63) is 46.6 Å². The number of rotatable bonds is 9. The van der Waals surface area contributed by atoms with E-state index in [9.17, 15) is 35.1 Å². The molecule has 9 atom stereocenters. The number of aliphatic hydroxyl groups is 4. The SMILES string of the molecule is COC(=O)C1=CC2CCC=CC(C1CC(=O)O)C2OC1OC(CO)C23OC(CCCO)=c4[n-]ccc4=C2CCC1(O)C3O. The van der Waals surface area contributed by atoms with Gasteiger partial charge >= 0.3 is 11.9 Å². The predicted molar refractivity (Wildman–Crippen MR) is 148 cm³/mol. The number of fused-ring (bicyclic) bond motifs is 4. The van der Waals surface area contributed by atoms with Gasteiger partial charge in [0.2, 0.25) is 0 Å². The molecule has 5 aliphatic rings. The number of ether oxygens (including phenoxy) is 4. The summed E-state index contributed by atoms with van der Waals surface area (Å²) in [7, 11) is 1.25. The Morgan fingerprint density at radius 2 is 2.07 bits per heavy atom. The molecular weight excluding hydrogens is 562 g/mol. The number of esters is 1. The van der Waals surface area contributed by atoms with Gasteiger partial charge in [0, 0.05) is 36.4 Å². The zero-order chi connectivity index (χ0) is 30.5. The van der Waals surface area contributed by atoms with Gasteiger partial charge in [-0.25, -0.2) is 4.79 Å². The van der Waals surface area contributed by atoms with Crippen molar-refractivity contribution in [3.8, 4) is 0 Å². The molecule has 12 nitrogen and oxygen atoms in total. The van der Waals surface area contributed by atoms with Crippen LogP contribution in [0, 0.1) is 17.8 Å². The van der Waals surface area contributed by atoms with Gasteiger partial charge < -0.3 is 49.5 Å². The van der Waals surface area contributed by atoms with Crippen LogP contribution in [-0.4, -0.2) is 93.6 Å². The van der Waals surface area contributed by atoms with Gasteiger partial charge in [-0.3, -0.25) is 4.79 Å². The Balaban J connectivity index is 1.38. The van der Waals surface area contributed by atoms with E-state index < -0.39 is 66.2 Å². The second-order valence-electron chi connectivity index (χ2n) is 12.0. The van der Waals surface area contributed by atoms with Crippen molar-refractivity contribution in [3.63, 3.8) is 0 Å². The van der Waals surface area contributed by atoms with Crippen LogP contribution in [0.3, 0.4) is 0 Å². The maximum absolute atomic E-state index is 12.7. The third-order valence-corrected chi connectivity index (χ3v) is 9.79. The van der Waals surface area contributed by atoms with E-state index in [-0.39, 0.29) is 30.9 Å². The lowest BCUT2D eigenvalue weighted by Gasteiger charge is -2.61. The number of aliphatic carboxylic acids is 1. The summed E-state index contributed by atoms with van der Waals surface area (Å²) in [5.74, 6) is -2.88. The molecule has 2 fully saturated rings. The Morgan fingerprint density at radius 3 is 2.79 bits per heavy atom. The van der Waals surface area contributed by atoms with Gasteiger partial charge in [0.1, 0.15) is 17.8 Å². The summed E-state index contributed by atoms with van der Waals surface area (Å²) in [5.41, 5.74) is -2.61. The van der Waals surface area contributed by atoms with Crippen molar-refractivity contribution in [1.82, 2.24) is 4.98 Å². The summed E-state index contributed by atoms with van der Waals surface area (Å²) in [5, 5.41) is 55.3. The number of carbonyl (C=O) groups is 2. The average molecular weight is 601 g/mol. The molecule has 0 radical (unpaired) electrons. The Labute approximate surface area is 247 Å². The predicted octanol–water partition coefficient (Wildman–Crippen LogP) is -0.781. The van der Waals surface area contributed by atoms with Crippen LogP contribution in [-0.2, 0) is 28.5 Å². The van der Waals surface area contributed by atoms with Crippen LogP contribution in [0.1, 0.15) is 44.9 Å². The number of nitrogens with zero attached hydrogens (tertiary/aromatic N) is 1. The van der Waals surface area contributed by atoms with E-state index >= 15 is 0 Å². The molecule has 12 heteroatoms. The summed E-state index contributed by atoms with van der Waals surface area (Å²) in [4.78, 5) is 29.0. The van der Waals surface area contributed by atoms with Gasteiger partial charge in [0.25, 0.3) is 0 Å². The fourth-order valence-electron chi connectivity index (χ4n) is 7.81. The van der Waals surface area contributed by atoms with E-state index in [0.717, 1.165) is 5.22 Å². The Bertz CT molecular complexity index is 1450. The molecule has 0 aromatic carbocycles. The fourth-order valence-corrected chi connectivity index (χ4v) is 7.81. The van der Waals surface area contributed by atoms with Gasteiger partial charge in [0.15, 0.2) is 11.9 Å². The topological polar surface area (TPSA) is 186 Å². The van der Waals surface area contributed by atoms with Crippen molar-refractivity contribution >= 4 is 23.3 Å². The average Bonchev–Trinajstić information content (AvgIpc) is 3.43. The summed E-state index contributed by atoms with van der Waals surface area (Å²) in [6.07, 6.45) is 4.38. The number of allylic oxidation sites excluding steroid dienone is 1. The van der Waals surface area contributed by atoms with Gasteiger partial charge in [-0.2, -0.15) is 6.20 Å². The molecule has 3 heterocycles. The van der Waals surface area contributed by atoms with Crippen molar-refractivity contribution in [2.24, 2.45) is 17.8 Å². The zero-order valence-corrected chi connectivity index (χ0v) is 23.9. The van der Waals surface area contributed by atoms with Gasteiger partial charge in [-0.15, -0.1) is 0 Å². The zero-order valence-electron chi connectivity index (χ0n) is 23.9. The molecule has 2 aliphatic heterocycles. The number of aliphatic hydroxyl groups excluding tert-OH is 3. The van der Waals surface area contributed by atoms with E-state index in [1.165, 1.54) is 7.11 Å². The van der Waals surface area contributed by atoms with Crippen LogP contribution in [0.25, 0.3) is 11.3 Å². The lowest BCUT2D eigenvalue weighted by molar-refractivity contribution is -0.375. The number of aromatic nitrogens is 1. The van der Waals surface area contributed by atoms with Crippen molar-refractivity contribution in [2.75, 3.05) is 20.3 Å². The smallest absolute Gasteiger partial charge is 0.333 e. The monoisotopic (exact) mass is 600 g/mol. The van der Waals surface area contributed by atoms with E-state index in [1.54, 1.807) is 12.3 Å². The van der Waals surface area contributed by atoms with Crippen molar-refractivity contribution < 1.29 is 54.1 Å². The second-order valence-corrected chi connectivity index (χ2v) is 12.0. The van der Waals surface area contributed by atoms with E-state index in [2.05, 4.69) is 4.98 Å². The third kappa shape index (κ3) is 4.66. The summed E-state index contributed by atoms with van der Waals surface area (Å²) in [6, 6.07) is 1.81. The molecular formula is C31H38NO11-. The normalized spacial score (nSPS) is 37.9. The maximum atomic E-state index is 12.7. The van der Waals surface area contributed by atoms with Crippen LogP contribution in [0.15, 0.2) is 36.1 Å². The number of hydrogen-bond acceptors (Lipinski definition) is 10. The maximum Gasteiger partial charge on any atom is 0.333 e. The van der Waals surface area contributed by atoms with Crippen molar-refractivity contribution in [1.29, 1.82) is 0 Å². The number of carboxylic acids is 1. The quantitative estimate of drug-likeness (QED) is 0.176. The van der Waals surface area contributed by atoms with Gasteiger partial charge in [-0.05, 0) is 42.9 Å².